The Hall–Kier alpha value is -2.62. The number of rotatable bonds is 2. The van der Waals surface area contributed by atoms with Crippen LogP contribution in [0.2, 0.25) is 0 Å². The molecule has 3 nitrogen and oxygen atoms in total. The van der Waals surface area contributed by atoms with Crippen molar-refractivity contribution in [2.45, 2.75) is 13.8 Å². The number of halogens is 1. The molecule has 1 aromatic heterocycles. The number of aryl methyl sites for hydroxylation is 2. The van der Waals surface area contributed by atoms with Gasteiger partial charge in [-0.15, -0.1) is 0 Å². The maximum absolute atomic E-state index is 13.9. The summed E-state index contributed by atoms with van der Waals surface area (Å²) in [5.41, 5.74) is 8.36. The summed E-state index contributed by atoms with van der Waals surface area (Å²) in [4.78, 5) is 4.24. The van der Waals surface area contributed by atoms with Crippen LogP contribution >= 0.6 is 0 Å². The van der Waals surface area contributed by atoms with Gasteiger partial charge < -0.3 is 10.5 Å². The van der Waals surface area contributed by atoms with E-state index in [2.05, 4.69) is 4.98 Å². The van der Waals surface area contributed by atoms with Crippen molar-refractivity contribution in [3.63, 3.8) is 0 Å². The molecule has 0 radical (unpaired) electrons. The van der Waals surface area contributed by atoms with E-state index in [0.717, 1.165) is 22.0 Å². The highest BCUT2D eigenvalue weighted by Crippen LogP contribution is 2.34. The fraction of sp³-hybridized carbons (Fsp3) is 0.118. The minimum absolute atomic E-state index is 0.204. The number of hydrogen-bond donors (Lipinski definition) is 1. The highest BCUT2D eigenvalue weighted by Gasteiger charge is 2.10. The van der Waals surface area contributed by atoms with E-state index in [1.807, 2.05) is 19.9 Å². The van der Waals surface area contributed by atoms with Gasteiger partial charge in [-0.05, 0) is 49.7 Å². The molecule has 0 unspecified atom stereocenters. The molecular weight excluding hydrogens is 267 g/mol. The Labute approximate surface area is 122 Å². The van der Waals surface area contributed by atoms with E-state index in [1.54, 1.807) is 30.5 Å². The molecule has 1 heterocycles. The zero-order chi connectivity index (χ0) is 15.0. The molecule has 0 spiro atoms. The van der Waals surface area contributed by atoms with Crippen LogP contribution in [-0.2, 0) is 0 Å². The van der Waals surface area contributed by atoms with Crippen molar-refractivity contribution in [1.82, 2.24) is 4.98 Å². The molecule has 0 saturated heterocycles. The summed E-state index contributed by atoms with van der Waals surface area (Å²) < 4.78 is 19.6. The van der Waals surface area contributed by atoms with Gasteiger partial charge in [0.1, 0.15) is 5.75 Å². The molecule has 0 amide bonds. The maximum atomic E-state index is 13.9. The highest BCUT2D eigenvalue weighted by molar-refractivity contribution is 5.96. The number of nitrogens with two attached hydrogens (primary N) is 1. The second-order valence-electron chi connectivity index (χ2n) is 5.06. The van der Waals surface area contributed by atoms with Crippen LogP contribution in [0.15, 0.2) is 42.6 Å². The molecule has 0 saturated carbocycles. The third-order valence-corrected chi connectivity index (χ3v) is 3.34. The number of pyridine rings is 1. The maximum Gasteiger partial charge on any atom is 0.165 e. The van der Waals surface area contributed by atoms with Gasteiger partial charge in [-0.2, -0.15) is 0 Å². The van der Waals surface area contributed by atoms with E-state index in [-0.39, 0.29) is 5.75 Å². The normalized spacial score (nSPS) is 10.8. The first kappa shape index (κ1) is 13.4. The van der Waals surface area contributed by atoms with Crippen LogP contribution in [0.4, 0.5) is 10.1 Å². The average molecular weight is 282 g/mol. The number of nitrogen functional groups attached to an aromatic ring is 1. The molecule has 0 aliphatic heterocycles. The molecule has 21 heavy (non-hydrogen) atoms. The van der Waals surface area contributed by atoms with Crippen LogP contribution in [0.1, 0.15) is 11.3 Å². The Bertz CT molecular complexity index is 830. The zero-order valence-electron chi connectivity index (χ0n) is 11.9. The SMILES string of the molecule is Cc1ccc(F)c(Oc2ccc(N)c3cnc(C)cc23)c1. The predicted octanol–water partition coefficient (Wildman–Crippen LogP) is 4.37. The summed E-state index contributed by atoms with van der Waals surface area (Å²) in [5, 5.41) is 1.62. The van der Waals surface area contributed by atoms with Crippen LogP contribution in [0, 0.1) is 19.7 Å². The topological polar surface area (TPSA) is 48.1 Å². The first-order valence-electron chi connectivity index (χ1n) is 6.63. The Morgan fingerprint density at radius 2 is 1.81 bits per heavy atom. The molecule has 0 aliphatic rings. The summed E-state index contributed by atoms with van der Waals surface area (Å²) in [6.45, 7) is 3.78. The summed E-state index contributed by atoms with van der Waals surface area (Å²) >= 11 is 0. The minimum atomic E-state index is -0.392. The first-order valence-corrected chi connectivity index (χ1v) is 6.63. The standard InChI is InChI=1S/C17H15FN2O/c1-10-3-4-14(18)17(7-10)21-16-6-5-15(19)13-9-20-11(2)8-12(13)16/h3-9H,19H2,1-2H3. The van der Waals surface area contributed by atoms with Crippen molar-refractivity contribution in [3.8, 4) is 11.5 Å². The van der Waals surface area contributed by atoms with E-state index in [9.17, 15) is 4.39 Å². The predicted molar refractivity (Wildman–Crippen MR) is 82.1 cm³/mol. The first-order chi connectivity index (χ1) is 10.0. The van der Waals surface area contributed by atoms with Gasteiger partial charge in [0.05, 0.1) is 0 Å². The molecule has 3 rings (SSSR count). The Kier molecular flexibility index (Phi) is 3.22. The Morgan fingerprint density at radius 3 is 2.62 bits per heavy atom. The smallest absolute Gasteiger partial charge is 0.165 e. The summed E-state index contributed by atoms with van der Waals surface area (Å²) in [6.07, 6.45) is 1.71. The lowest BCUT2D eigenvalue weighted by Gasteiger charge is -2.12. The molecule has 2 aromatic carbocycles. The van der Waals surface area contributed by atoms with E-state index in [1.165, 1.54) is 6.07 Å². The van der Waals surface area contributed by atoms with E-state index >= 15 is 0 Å². The third-order valence-electron chi connectivity index (χ3n) is 3.34. The molecule has 3 aromatic rings. The number of benzene rings is 2. The molecule has 4 heteroatoms. The van der Waals surface area contributed by atoms with Crippen LogP contribution in [-0.4, -0.2) is 4.98 Å². The average Bonchev–Trinajstić information content (AvgIpc) is 2.46. The third kappa shape index (κ3) is 2.52. The van der Waals surface area contributed by atoms with Gasteiger partial charge in [-0.3, -0.25) is 4.98 Å². The summed E-state index contributed by atoms with van der Waals surface area (Å²) in [7, 11) is 0. The number of aromatic nitrogens is 1. The molecule has 0 aliphatic carbocycles. The second kappa shape index (κ2) is 5.05. The summed E-state index contributed by atoms with van der Waals surface area (Å²) in [5.74, 6) is 0.376. The van der Waals surface area contributed by atoms with Crippen LogP contribution in [0.25, 0.3) is 10.8 Å². The van der Waals surface area contributed by atoms with E-state index in [4.69, 9.17) is 10.5 Å². The van der Waals surface area contributed by atoms with Gasteiger partial charge >= 0.3 is 0 Å². The van der Waals surface area contributed by atoms with E-state index < -0.39 is 5.82 Å². The van der Waals surface area contributed by atoms with Crippen molar-refractivity contribution in [2.24, 2.45) is 0 Å². The van der Waals surface area contributed by atoms with Crippen molar-refractivity contribution in [2.75, 3.05) is 5.73 Å². The van der Waals surface area contributed by atoms with Gasteiger partial charge in [0.2, 0.25) is 0 Å². The van der Waals surface area contributed by atoms with Gasteiger partial charge in [-0.25, -0.2) is 4.39 Å². The van der Waals surface area contributed by atoms with Crippen LogP contribution in [0.3, 0.4) is 0 Å². The van der Waals surface area contributed by atoms with Crippen molar-refractivity contribution in [1.29, 1.82) is 0 Å². The highest BCUT2D eigenvalue weighted by atomic mass is 19.1. The molecular formula is C17H15FN2O. The number of ether oxygens (including phenoxy) is 1. The van der Waals surface area contributed by atoms with Crippen LogP contribution in [0.5, 0.6) is 11.5 Å². The number of hydrogen-bond acceptors (Lipinski definition) is 3. The monoisotopic (exact) mass is 282 g/mol. The molecule has 0 atom stereocenters. The molecule has 106 valence electrons. The Balaban J connectivity index is 2.14. The van der Waals surface area contributed by atoms with Gasteiger partial charge in [0, 0.05) is 28.4 Å². The van der Waals surface area contributed by atoms with Gasteiger partial charge in [0.25, 0.3) is 0 Å². The molecule has 0 bridgehead atoms. The fourth-order valence-electron chi connectivity index (χ4n) is 2.23. The largest absolute Gasteiger partial charge is 0.454 e. The fourth-order valence-corrected chi connectivity index (χ4v) is 2.23. The minimum Gasteiger partial charge on any atom is -0.454 e. The summed E-state index contributed by atoms with van der Waals surface area (Å²) in [6, 6.07) is 10.1. The molecule has 2 N–H and O–H groups in total. The van der Waals surface area contributed by atoms with Crippen molar-refractivity contribution in [3.05, 3.63) is 59.7 Å². The van der Waals surface area contributed by atoms with Gasteiger partial charge in [-0.1, -0.05) is 6.07 Å². The van der Waals surface area contributed by atoms with Gasteiger partial charge in [0.15, 0.2) is 11.6 Å². The lowest BCUT2D eigenvalue weighted by atomic mass is 10.1. The Morgan fingerprint density at radius 1 is 1.00 bits per heavy atom. The van der Waals surface area contributed by atoms with Crippen molar-refractivity contribution >= 4 is 16.5 Å². The number of fused-ring (bicyclic) bond motifs is 1. The van der Waals surface area contributed by atoms with E-state index in [0.29, 0.717) is 11.4 Å². The number of nitrogens with zero attached hydrogens (tertiary/aromatic N) is 1. The number of anilines is 1. The second-order valence-corrected chi connectivity index (χ2v) is 5.06. The van der Waals surface area contributed by atoms with Crippen LogP contribution < -0.4 is 10.5 Å². The quantitative estimate of drug-likeness (QED) is 0.710. The van der Waals surface area contributed by atoms with Crippen molar-refractivity contribution < 1.29 is 9.13 Å². The lowest BCUT2D eigenvalue weighted by molar-refractivity contribution is 0.446. The lowest BCUT2D eigenvalue weighted by Crippen LogP contribution is -1.94. The molecule has 0 fully saturated rings. The zero-order valence-corrected chi connectivity index (χ0v) is 11.9.